The van der Waals surface area contributed by atoms with Crippen LogP contribution in [0.4, 0.5) is 4.79 Å². The molecule has 0 saturated heterocycles. The van der Waals surface area contributed by atoms with Crippen LogP contribution in [0.2, 0.25) is 0 Å². The number of carbonyl (C=O) groups excluding carboxylic acids is 1. The fraction of sp³-hybridized carbons (Fsp3) is 0.867. The molecule has 3 N–H and O–H groups in total. The van der Waals surface area contributed by atoms with E-state index in [1.807, 2.05) is 6.92 Å². The van der Waals surface area contributed by atoms with Crippen molar-refractivity contribution in [1.82, 2.24) is 10.6 Å². The van der Waals surface area contributed by atoms with Gasteiger partial charge in [0, 0.05) is 6.04 Å². The molecule has 0 aromatic carbocycles. The highest BCUT2D eigenvalue weighted by Crippen LogP contribution is 2.29. The molecule has 0 radical (unpaired) electrons. The molecule has 5 heteroatoms. The lowest BCUT2D eigenvalue weighted by Gasteiger charge is -2.32. The van der Waals surface area contributed by atoms with Crippen LogP contribution in [0.1, 0.15) is 59.3 Å². The van der Waals surface area contributed by atoms with Crippen molar-refractivity contribution in [1.29, 1.82) is 0 Å². The van der Waals surface area contributed by atoms with E-state index in [2.05, 4.69) is 24.5 Å². The van der Waals surface area contributed by atoms with Crippen LogP contribution in [0.5, 0.6) is 0 Å². The molecule has 0 bridgehead atoms. The van der Waals surface area contributed by atoms with Crippen LogP contribution in [0.3, 0.4) is 0 Å². The van der Waals surface area contributed by atoms with Gasteiger partial charge in [-0.3, -0.25) is 0 Å². The van der Waals surface area contributed by atoms with E-state index < -0.39 is 12.0 Å². The number of carbonyl (C=O) groups is 2. The van der Waals surface area contributed by atoms with Crippen molar-refractivity contribution in [2.75, 3.05) is 0 Å². The molecule has 0 heterocycles. The predicted molar refractivity (Wildman–Crippen MR) is 78.6 cm³/mol. The zero-order valence-corrected chi connectivity index (χ0v) is 12.8. The molecule has 0 aromatic heterocycles. The fourth-order valence-electron chi connectivity index (χ4n) is 2.73. The smallest absolute Gasteiger partial charge is 0.326 e. The lowest BCUT2D eigenvalue weighted by molar-refractivity contribution is -0.139. The molecule has 0 aliphatic heterocycles. The van der Waals surface area contributed by atoms with Crippen LogP contribution in [0.15, 0.2) is 0 Å². The van der Waals surface area contributed by atoms with Gasteiger partial charge in [-0.15, -0.1) is 0 Å². The second-order valence-corrected chi connectivity index (χ2v) is 6.12. The molecule has 116 valence electrons. The Hall–Kier alpha value is -1.26. The Bertz CT molecular complexity index is 333. The van der Waals surface area contributed by atoms with Crippen LogP contribution >= 0.6 is 0 Å². The Balaban J connectivity index is 2.39. The summed E-state index contributed by atoms with van der Waals surface area (Å²) in [5, 5.41) is 14.6. The van der Waals surface area contributed by atoms with Gasteiger partial charge in [0.1, 0.15) is 6.04 Å². The van der Waals surface area contributed by atoms with Gasteiger partial charge in [0.2, 0.25) is 0 Å². The van der Waals surface area contributed by atoms with Crippen molar-refractivity contribution >= 4 is 12.0 Å². The normalized spacial score (nSPS) is 27.6. The van der Waals surface area contributed by atoms with E-state index in [-0.39, 0.29) is 12.1 Å². The molecular formula is C15H28N2O3. The minimum Gasteiger partial charge on any atom is -0.480 e. The first-order valence-electron chi connectivity index (χ1n) is 7.73. The number of nitrogens with one attached hydrogen (secondary N) is 2. The molecule has 5 nitrogen and oxygen atoms in total. The molecule has 1 rings (SSSR count). The summed E-state index contributed by atoms with van der Waals surface area (Å²) < 4.78 is 0. The van der Waals surface area contributed by atoms with Gasteiger partial charge in [0.05, 0.1) is 0 Å². The van der Waals surface area contributed by atoms with Gasteiger partial charge in [-0.25, -0.2) is 9.59 Å². The third-order valence-electron chi connectivity index (χ3n) is 4.38. The molecule has 1 saturated carbocycles. The minimum absolute atomic E-state index is 0.168. The molecule has 2 amide bonds. The molecule has 0 spiro atoms. The minimum atomic E-state index is -0.959. The SMILES string of the molecule is CCCC[C@H](NC(=O)NC1CCC(C)C(C)C1)C(=O)O. The molecule has 20 heavy (non-hydrogen) atoms. The number of carboxylic acid groups (broad SMARTS) is 1. The van der Waals surface area contributed by atoms with E-state index in [1.165, 1.54) is 0 Å². The zero-order chi connectivity index (χ0) is 15.1. The Morgan fingerprint density at radius 2 is 1.95 bits per heavy atom. The number of rotatable bonds is 6. The van der Waals surface area contributed by atoms with E-state index in [4.69, 9.17) is 5.11 Å². The van der Waals surface area contributed by atoms with Gasteiger partial charge in [0.15, 0.2) is 0 Å². The highest BCUT2D eigenvalue weighted by atomic mass is 16.4. The van der Waals surface area contributed by atoms with Crippen molar-refractivity contribution in [2.45, 2.75) is 71.4 Å². The zero-order valence-electron chi connectivity index (χ0n) is 12.8. The van der Waals surface area contributed by atoms with Gasteiger partial charge < -0.3 is 15.7 Å². The van der Waals surface area contributed by atoms with Gasteiger partial charge in [-0.2, -0.15) is 0 Å². The van der Waals surface area contributed by atoms with Crippen molar-refractivity contribution in [2.24, 2.45) is 11.8 Å². The fourth-order valence-corrected chi connectivity index (χ4v) is 2.73. The largest absolute Gasteiger partial charge is 0.480 e. The van der Waals surface area contributed by atoms with E-state index >= 15 is 0 Å². The summed E-state index contributed by atoms with van der Waals surface area (Å²) in [5.41, 5.74) is 0. The van der Waals surface area contributed by atoms with Crippen molar-refractivity contribution < 1.29 is 14.7 Å². The number of amides is 2. The maximum Gasteiger partial charge on any atom is 0.326 e. The molecule has 1 fully saturated rings. The number of urea groups is 1. The van der Waals surface area contributed by atoms with Crippen LogP contribution in [0, 0.1) is 11.8 Å². The van der Waals surface area contributed by atoms with Crippen LogP contribution in [-0.2, 0) is 4.79 Å². The van der Waals surface area contributed by atoms with Crippen LogP contribution in [-0.4, -0.2) is 29.2 Å². The molecule has 1 aliphatic rings. The van der Waals surface area contributed by atoms with Crippen molar-refractivity contribution in [3.05, 3.63) is 0 Å². The van der Waals surface area contributed by atoms with E-state index in [0.29, 0.717) is 18.3 Å². The summed E-state index contributed by atoms with van der Waals surface area (Å²) in [7, 11) is 0. The number of unbranched alkanes of at least 4 members (excludes halogenated alkanes) is 1. The van der Waals surface area contributed by atoms with Crippen molar-refractivity contribution in [3.8, 4) is 0 Å². The Morgan fingerprint density at radius 1 is 1.25 bits per heavy atom. The molecular weight excluding hydrogens is 256 g/mol. The van der Waals surface area contributed by atoms with E-state index in [0.717, 1.165) is 32.1 Å². The Kier molecular flexibility index (Phi) is 6.82. The Labute approximate surface area is 121 Å². The number of carboxylic acids is 1. The third-order valence-corrected chi connectivity index (χ3v) is 4.38. The number of aliphatic carboxylic acids is 1. The summed E-state index contributed by atoms with van der Waals surface area (Å²) in [6.45, 7) is 6.45. The second kappa shape index (κ2) is 8.12. The van der Waals surface area contributed by atoms with Gasteiger partial charge in [0.25, 0.3) is 0 Å². The average Bonchev–Trinajstić information content (AvgIpc) is 2.38. The first kappa shape index (κ1) is 16.8. The first-order chi connectivity index (χ1) is 9.43. The molecule has 0 aromatic rings. The molecule has 4 atom stereocenters. The van der Waals surface area contributed by atoms with Crippen molar-refractivity contribution in [3.63, 3.8) is 0 Å². The topological polar surface area (TPSA) is 78.4 Å². The summed E-state index contributed by atoms with van der Waals surface area (Å²) in [6.07, 6.45) is 5.27. The summed E-state index contributed by atoms with van der Waals surface area (Å²) in [6, 6.07) is -0.961. The maximum absolute atomic E-state index is 11.9. The Morgan fingerprint density at radius 3 is 2.50 bits per heavy atom. The monoisotopic (exact) mass is 284 g/mol. The number of hydrogen-bond acceptors (Lipinski definition) is 2. The van der Waals surface area contributed by atoms with Crippen LogP contribution in [0.25, 0.3) is 0 Å². The highest BCUT2D eigenvalue weighted by molar-refractivity contribution is 5.82. The predicted octanol–water partition coefficient (Wildman–Crippen LogP) is 2.75. The first-order valence-corrected chi connectivity index (χ1v) is 7.73. The maximum atomic E-state index is 11.9. The van der Waals surface area contributed by atoms with Gasteiger partial charge in [-0.1, -0.05) is 33.6 Å². The van der Waals surface area contributed by atoms with Gasteiger partial charge in [-0.05, 0) is 37.5 Å². The number of hydrogen-bond donors (Lipinski definition) is 3. The lowest BCUT2D eigenvalue weighted by atomic mass is 9.79. The van der Waals surface area contributed by atoms with Gasteiger partial charge >= 0.3 is 12.0 Å². The lowest BCUT2D eigenvalue weighted by Crippen LogP contribution is -2.50. The third kappa shape index (κ3) is 5.39. The summed E-state index contributed by atoms with van der Waals surface area (Å²) >= 11 is 0. The summed E-state index contributed by atoms with van der Waals surface area (Å²) in [4.78, 5) is 23.0. The quantitative estimate of drug-likeness (QED) is 0.701. The second-order valence-electron chi connectivity index (χ2n) is 6.12. The van der Waals surface area contributed by atoms with E-state index in [9.17, 15) is 9.59 Å². The molecule has 3 unspecified atom stereocenters. The molecule has 1 aliphatic carbocycles. The average molecular weight is 284 g/mol. The highest BCUT2D eigenvalue weighted by Gasteiger charge is 2.26. The summed E-state index contributed by atoms with van der Waals surface area (Å²) in [5.74, 6) is 0.344. The standard InChI is InChI=1S/C15H28N2O3/c1-4-5-6-13(14(18)19)17-15(20)16-12-8-7-10(2)11(3)9-12/h10-13H,4-9H2,1-3H3,(H,18,19)(H2,16,17,20)/t10?,11?,12?,13-/m0/s1. The van der Waals surface area contributed by atoms with E-state index in [1.54, 1.807) is 0 Å². The van der Waals surface area contributed by atoms with Crippen LogP contribution < -0.4 is 10.6 Å².